The Labute approximate surface area is 126 Å². The molecule has 2 rings (SSSR count). The minimum atomic E-state index is -3.74. The van der Waals surface area contributed by atoms with E-state index < -0.39 is 10.0 Å². The van der Waals surface area contributed by atoms with Crippen LogP contribution in [0.2, 0.25) is 0 Å². The van der Waals surface area contributed by atoms with Gasteiger partial charge in [0.15, 0.2) is 5.82 Å². The van der Waals surface area contributed by atoms with Crippen LogP contribution in [0.15, 0.2) is 44.6 Å². The van der Waals surface area contributed by atoms with Crippen molar-refractivity contribution in [1.82, 2.24) is 9.97 Å². The molecule has 0 aliphatic carbocycles. The van der Waals surface area contributed by atoms with E-state index in [4.69, 9.17) is 5.73 Å². The zero-order valence-corrected chi connectivity index (χ0v) is 13.3. The van der Waals surface area contributed by atoms with Crippen LogP contribution in [0.3, 0.4) is 0 Å². The largest absolute Gasteiger partial charge is 0.399 e. The molecule has 0 aliphatic rings. The molecular formula is C10H8Br2N4O2S. The zero-order valence-electron chi connectivity index (χ0n) is 9.34. The Balaban J connectivity index is 2.35. The Morgan fingerprint density at radius 1 is 1.16 bits per heavy atom. The van der Waals surface area contributed by atoms with Crippen molar-refractivity contribution < 1.29 is 8.42 Å². The van der Waals surface area contributed by atoms with E-state index in [1.165, 1.54) is 30.6 Å². The molecule has 0 saturated carbocycles. The van der Waals surface area contributed by atoms with Crippen LogP contribution in [0.1, 0.15) is 0 Å². The molecule has 1 heterocycles. The molecule has 6 nitrogen and oxygen atoms in total. The van der Waals surface area contributed by atoms with Crippen molar-refractivity contribution in [3.8, 4) is 0 Å². The molecule has 0 unspecified atom stereocenters. The summed E-state index contributed by atoms with van der Waals surface area (Å²) < 4.78 is 27.5. The fourth-order valence-corrected chi connectivity index (χ4v) is 3.59. The summed E-state index contributed by atoms with van der Waals surface area (Å²) in [6.07, 6.45) is 2.71. The zero-order chi connectivity index (χ0) is 14.0. The fraction of sp³-hybridized carbons (Fsp3) is 0. The molecule has 1 aromatic heterocycles. The van der Waals surface area contributed by atoms with Crippen LogP contribution >= 0.6 is 31.9 Å². The summed E-state index contributed by atoms with van der Waals surface area (Å²) in [7, 11) is -3.74. The van der Waals surface area contributed by atoms with E-state index in [1.54, 1.807) is 0 Å². The quantitative estimate of drug-likeness (QED) is 0.761. The highest BCUT2D eigenvalue weighted by molar-refractivity contribution is 9.10. The predicted molar refractivity (Wildman–Crippen MR) is 79.1 cm³/mol. The smallest absolute Gasteiger partial charge is 0.264 e. The molecule has 3 N–H and O–H groups in total. The van der Waals surface area contributed by atoms with Crippen LogP contribution in [0.4, 0.5) is 11.5 Å². The van der Waals surface area contributed by atoms with Crippen molar-refractivity contribution in [3.05, 3.63) is 39.7 Å². The lowest BCUT2D eigenvalue weighted by Gasteiger charge is -2.09. The molecular weight excluding hydrogens is 400 g/mol. The lowest BCUT2D eigenvalue weighted by Crippen LogP contribution is -2.14. The Bertz CT molecular complexity index is 704. The second-order valence-electron chi connectivity index (χ2n) is 3.52. The molecule has 19 heavy (non-hydrogen) atoms. The molecule has 0 saturated heterocycles. The number of hydrogen-bond donors (Lipinski definition) is 2. The van der Waals surface area contributed by atoms with Gasteiger partial charge >= 0.3 is 0 Å². The number of aromatic nitrogens is 2. The number of nitrogens with two attached hydrogens (primary N) is 1. The van der Waals surface area contributed by atoms with Crippen molar-refractivity contribution >= 4 is 53.4 Å². The second kappa shape index (κ2) is 5.43. The normalized spacial score (nSPS) is 11.3. The molecule has 1 aromatic carbocycles. The summed E-state index contributed by atoms with van der Waals surface area (Å²) in [5, 5.41) is 0. The van der Waals surface area contributed by atoms with Gasteiger partial charge in [-0.15, -0.1) is 0 Å². The third-order valence-corrected chi connectivity index (χ3v) is 4.85. The van der Waals surface area contributed by atoms with E-state index in [0.717, 1.165) is 0 Å². The summed E-state index contributed by atoms with van der Waals surface area (Å²) in [6, 6.07) is 4.43. The first-order chi connectivity index (χ1) is 8.88. The van der Waals surface area contributed by atoms with Gasteiger partial charge in [-0.05, 0) is 50.1 Å². The third kappa shape index (κ3) is 3.43. The standard InChI is InChI=1S/C10H8Br2N4O2S/c11-7-3-6(13)1-2-8(7)19(17,18)16-10-5-14-9(12)4-15-10/h1-5H,13H2,(H,15,16). The van der Waals surface area contributed by atoms with E-state index in [1.807, 2.05) is 0 Å². The lowest BCUT2D eigenvalue weighted by atomic mass is 10.3. The van der Waals surface area contributed by atoms with Gasteiger partial charge in [0.1, 0.15) is 9.50 Å². The van der Waals surface area contributed by atoms with Gasteiger partial charge in [0.25, 0.3) is 10.0 Å². The van der Waals surface area contributed by atoms with E-state index in [9.17, 15) is 8.42 Å². The number of benzene rings is 1. The van der Waals surface area contributed by atoms with Gasteiger partial charge in [-0.25, -0.2) is 18.4 Å². The Morgan fingerprint density at radius 3 is 2.47 bits per heavy atom. The van der Waals surface area contributed by atoms with Crippen molar-refractivity contribution in [2.45, 2.75) is 4.90 Å². The second-order valence-corrected chi connectivity index (χ2v) is 6.84. The van der Waals surface area contributed by atoms with Gasteiger partial charge < -0.3 is 5.73 Å². The Morgan fingerprint density at radius 2 is 1.89 bits per heavy atom. The first-order valence-electron chi connectivity index (χ1n) is 4.94. The number of hydrogen-bond acceptors (Lipinski definition) is 5. The van der Waals surface area contributed by atoms with Gasteiger partial charge in [-0.1, -0.05) is 0 Å². The maximum Gasteiger partial charge on any atom is 0.264 e. The first-order valence-corrected chi connectivity index (χ1v) is 8.01. The maximum atomic E-state index is 12.2. The highest BCUT2D eigenvalue weighted by atomic mass is 79.9. The van der Waals surface area contributed by atoms with Crippen molar-refractivity contribution in [2.24, 2.45) is 0 Å². The van der Waals surface area contributed by atoms with E-state index in [2.05, 4.69) is 46.5 Å². The molecule has 0 amide bonds. The van der Waals surface area contributed by atoms with E-state index in [0.29, 0.717) is 14.8 Å². The topological polar surface area (TPSA) is 98.0 Å². The summed E-state index contributed by atoms with van der Waals surface area (Å²) in [6.45, 7) is 0. The summed E-state index contributed by atoms with van der Waals surface area (Å²) >= 11 is 6.28. The lowest BCUT2D eigenvalue weighted by molar-refractivity contribution is 0.600. The molecule has 0 radical (unpaired) electrons. The number of halogens is 2. The van der Waals surface area contributed by atoms with Crippen molar-refractivity contribution in [1.29, 1.82) is 0 Å². The van der Waals surface area contributed by atoms with Crippen LogP contribution in [0, 0.1) is 0 Å². The van der Waals surface area contributed by atoms with Crippen LogP contribution in [0.5, 0.6) is 0 Å². The molecule has 2 aromatic rings. The number of sulfonamides is 1. The van der Waals surface area contributed by atoms with Crippen LogP contribution in [-0.2, 0) is 10.0 Å². The highest BCUT2D eigenvalue weighted by Crippen LogP contribution is 2.25. The average molecular weight is 408 g/mol. The molecule has 0 spiro atoms. The minimum absolute atomic E-state index is 0.0754. The van der Waals surface area contributed by atoms with E-state index in [-0.39, 0.29) is 10.7 Å². The van der Waals surface area contributed by atoms with Gasteiger partial charge in [-0.2, -0.15) is 0 Å². The number of nitrogen functional groups attached to an aromatic ring is 1. The molecule has 0 fully saturated rings. The van der Waals surface area contributed by atoms with Gasteiger partial charge in [0.2, 0.25) is 0 Å². The molecule has 0 atom stereocenters. The number of anilines is 2. The maximum absolute atomic E-state index is 12.2. The highest BCUT2D eigenvalue weighted by Gasteiger charge is 2.18. The average Bonchev–Trinajstić information content (AvgIpc) is 2.31. The molecule has 0 aliphatic heterocycles. The molecule has 0 bridgehead atoms. The summed E-state index contributed by atoms with van der Waals surface area (Å²) in [5.74, 6) is 0.131. The fourth-order valence-electron chi connectivity index (χ4n) is 1.29. The minimum Gasteiger partial charge on any atom is -0.399 e. The molecule has 9 heteroatoms. The van der Waals surface area contributed by atoms with Gasteiger partial charge in [0, 0.05) is 10.2 Å². The first kappa shape index (κ1) is 14.2. The summed E-state index contributed by atoms with van der Waals surface area (Å²) in [4.78, 5) is 7.86. The van der Waals surface area contributed by atoms with Crippen molar-refractivity contribution in [3.63, 3.8) is 0 Å². The monoisotopic (exact) mass is 406 g/mol. The number of nitrogens with zero attached hydrogens (tertiary/aromatic N) is 2. The van der Waals surface area contributed by atoms with Crippen LogP contribution in [-0.4, -0.2) is 18.4 Å². The third-order valence-electron chi connectivity index (χ3n) is 2.10. The SMILES string of the molecule is Nc1ccc(S(=O)(=O)Nc2cnc(Br)cn2)c(Br)c1. The Hall–Kier alpha value is -1.19. The van der Waals surface area contributed by atoms with Gasteiger partial charge in [0.05, 0.1) is 12.4 Å². The number of rotatable bonds is 3. The van der Waals surface area contributed by atoms with E-state index >= 15 is 0 Å². The summed E-state index contributed by atoms with van der Waals surface area (Å²) in [5.41, 5.74) is 6.03. The Kier molecular flexibility index (Phi) is 4.07. The molecule has 100 valence electrons. The van der Waals surface area contributed by atoms with Crippen molar-refractivity contribution in [2.75, 3.05) is 10.5 Å². The van der Waals surface area contributed by atoms with Gasteiger partial charge in [-0.3, -0.25) is 4.72 Å². The number of nitrogens with one attached hydrogen (secondary N) is 1. The van der Waals surface area contributed by atoms with Crippen LogP contribution in [0.25, 0.3) is 0 Å². The predicted octanol–water partition coefficient (Wildman–Crippen LogP) is 2.38. The van der Waals surface area contributed by atoms with Crippen LogP contribution < -0.4 is 10.5 Å².